The summed E-state index contributed by atoms with van der Waals surface area (Å²) in [5.41, 5.74) is 3.11. The lowest BCUT2D eigenvalue weighted by molar-refractivity contribution is -0.144. The fourth-order valence-electron chi connectivity index (χ4n) is 4.71. The van der Waals surface area contributed by atoms with Crippen LogP contribution in [0.25, 0.3) is 0 Å². The number of nitrogens with zero attached hydrogens (tertiary/aromatic N) is 1. The molecule has 1 fully saturated rings. The number of hydrogen-bond donors (Lipinski definition) is 3. The van der Waals surface area contributed by atoms with Crippen LogP contribution in [0.3, 0.4) is 0 Å². The van der Waals surface area contributed by atoms with Gasteiger partial charge in [0.2, 0.25) is 0 Å². The highest BCUT2D eigenvalue weighted by Crippen LogP contribution is 2.46. The third-order valence-electron chi connectivity index (χ3n) is 6.54. The number of amides is 1. The second kappa shape index (κ2) is 9.68. The minimum atomic E-state index is -3.49. The maximum atomic E-state index is 13.8. The molecule has 0 saturated carbocycles. The average molecular weight is 497 g/mol. The van der Waals surface area contributed by atoms with Gasteiger partial charge in [0, 0.05) is 49.2 Å². The maximum Gasteiger partial charge on any atom is 0.321 e. The van der Waals surface area contributed by atoms with E-state index in [1.54, 1.807) is 12.1 Å². The van der Waals surface area contributed by atoms with E-state index in [2.05, 4.69) is 15.5 Å². The highest BCUT2D eigenvalue weighted by molar-refractivity contribution is 5.89. The van der Waals surface area contributed by atoms with E-state index in [0.29, 0.717) is 30.4 Å². The molecular formula is C28H31F3N4O. The monoisotopic (exact) mass is 496 g/mol. The third kappa shape index (κ3) is 5.22. The van der Waals surface area contributed by atoms with E-state index in [4.69, 9.17) is 5.41 Å². The van der Waals surface area contributed by atoms with Gasteiger partial charge in [0.05, 0.1) is 12.1 Å². The molecule has 190 valence electrons. The predicted octanol–water partition coefficient (Wildman–Crippen LogP) is 6.54. The van der Waals surface area contributed by atoms with Gasteiger partial charge in [-0.2, -0.15) is 8.78 Å². The number of benzene rings is 3. The Morgan fingerprint density at radius 3 is 2.39 bits per heavy atom. The number of anilines is 3. The van der Waals surface area contributed by atoms with Gasteiger partial charge in [0.15, 0.2) is 0 Å². The summed E-state index contributed by atoms with van der Waals surface area (Å²) in [5.74, 6) is -5.14. The molecule has 36 heavy (non-hydrogen) atoms. The number of rotatable bonds is 7. The number of halogens is 3. The molecule has 3 aromatic rings. The average Bonchev–Trinajstić information content (AvgIpc) is 3.11. The van der Waals surface area contributed by atoms with Crippen molar-refractivity contribution in [2.75, 3.05) is 16.8 Å². The highest BCUT2D eigenvalue weighted by atomic mass is 19.3. The molecule has 1 aliphatic heterocycles. The Hall–Kier alpha value is -3.81. The molecule has 0 bridgehead atoms. The van der Waals surface area contributed by atoms with Gasteiger partial charge in [0.25, 0.3) is 5.91 Å². The molecular weight excluding hydrogens is 465 g/mol. The van der Waals surface area contributed by atoms with Gasteiger partial charge in [-0.25, -0.2) is 4.39 Å². The van der Waals surface area contributed by atoms with Crippen molar-refractivity contribution in [1.82, 2.24) is 5.32 Å². The van der Waals surface area contributed by atoms with Crippen LogP contribution >= 0.6 is 0 Å². The number of carbonyl (C=O) groups excluding carboxylic acids is 1. The van der Waals surface area contributed by atoms with E-state index in [9.17, 15) is 18.0 Å². The van der Waals surface area contributed by atoms with Crippen LogP contribution < -0.4 is 15.5 Å². The second-order valence-electron chi connectivity index (χ2n) is 9.86. The lowest BCUT2D eigenvalue weighted by Gasteiger charge is -2.33. The van der Waals surface area contributed by atoms with Gasteiger partial charge in [-0.1, -0.05) is 44.2 Å². The molecule has 3 aromatic carbocycles. The zero-order valence-corrected chi connectivity index (χ0v) is 20.4. The van der Waals surface area contributed by atoms with E-state index in [-0.39, 0.29) is 7.24 Å². The fourth-order valence-corrected chi connectivity index (χ4v) is 4.71. The van der Waals surface area contributed by atoms with Crippen molar-refractivity contribution in [3.63, 3.8) is 0 Å². The minimum Gasteiger partial charge on any atom is -0.362 e. The van der Waals surface area contributed by atoms with Gasteiger partial charge in [-0.05, 0) is 48.0 Å². The summed E-state index contributed by atoms with van der Waals surface area (Å²) in [7, 11) is 0. The van der Waals surface area contributed by atoms with Crippen molar-refractivity contribution < 1.29 is 19.4 Å². The Balaban J connectivity index is 0.00000380. The van der Waals surface area contributed by atoms with Crippen LogP contribution in [0.15, 0.2) is 72.8 Å². The number of nitrogens with one attached hydrogen (secondary N) is 3. The zero-order valence-electron chi connectivity index (χ0n) is 20.4. The van der Waals surface area contributed by atoms with Crippen LogP contribution in [0.4, 0.5) is 30.2 Å². The van der Waals surface area contributed by atoms with E-state index in [0.717, 1.165) is 11.3 Å². The van der Waals surface area contributed by atoms with Crippen molar-refractivity contribution in [2.45, 2.75) is 38.8 Å². The smallest absolute Gasteiger partial charge is 0.321 e. The number of carbonyl (C=O) groups is 1. The molecule has 4 rings (SSSR count). The molecule has 3 N–H and O–H groups in total. The first kappa shape index (κ1) is 25.3. The summed E-state index contributed by atoms with van der Waals surface area (Å²) in [5, 5.41) is 13.8. The normalized spacial score (nSPS) is 19.1. The molecule has 1 saturated heterocycles. The Morgan fingerprint density at radius 1 is 1.11 bits per heavy atom. The number of hydrogen-bond acceptors (Lipinski definition) is 4. The molecule has 1 aliphatic rings. The topological polar surface area (TPSA) is 68.2 Å². The van der Waals surface area contributed by atoms with Gasteiger partial charge < -0.3 is 20.9 Å². The molecule has 0 aliphatic carbocycles. The van der Waals surface area contributed by atoms with Crippen molar-refractivity contribution in [3.05, 3.63) is 89.7 Å². The van der Waals surface area contributed by atoms with E-state index in [1.165, 1.54) is 18.3 Å². The highest BCUT2D eigenvalue weighted by Gasteiger charge is 2.50. The van der Waals surface area contributed by atoms with Crippen LogP contribution in [0.1, 0.15) is 39.4 Å². The summed E-state index contributed by atoms with van der Waals surface area (Å²) in [6, 6.07) is 20.0. The molecule has 5 nitrogen and oxygen atoms in total. The van der Waals surface area contributed by atoms with Crippen molar-refractivity contribution >= 4 is 29.2 Å². The minimum absolute atomic E-state index is 0. The van der Waals surface area contributed by atoms with E-state index in [1.807, 2.05) is 62.4 Å². The summed E-state index contributed by atoms with van der Waals surface area (Å²) in [6.45, 7) is 4.99. The summed E-state index contributed by atoms with van der Waals surface area (Å²) in [4.78, 5) is 14.4. The zero-order chi connectivity index (χ0) is 26.1. The first-order valence-electron chi connectivity index (χ1n) is 11.7. The third-order valence-corrected chi connectivity index (χ3v) is 6.54. The molecule has 0 radical (unpaired) electrons. The molecule has 2 atom stereocenters. The lowest BCUT2D eigenvalue weighted by atomic mass is 9.82. The maximum absolute atomic E-state index is 13.8. The molecule has 0 aromatic heterocycles. The number of alkyl halides is 2. The standard InChI is InChI=1S/C28H29F3N4O.H2/c1-27(2)17-35(24(18-7-5-4-6-8-18)25(27)34-26(36)28(3,30)31)22-13-14-23(19(15-22)16-32)33-21-11-9-20(29)10-12-21;/h4-16,24-25,32-33H,17H2,1-3H3,(H,34,36);1H/t24-,25-;/m1./s1. The van der Waals surface area contributed by atoms with Gasteiger partial charge in [0.1, 0.15) is 5.82 Å². The van der Waals surface area contributed by atoms with Gasteiger partial charge in [-0.15, -0.1) is 0 Å². The summed E-state index contributed by atoms with van der Waals surface area (Å²) in [6.07, 6.45) is 1.23. The Labute approximate surface area is 210 Å². The predicted molar refractivity (Wildman–Crippen MR) is 139 cm³/mol. The summed E-state index contributed by atoms with van der Waals surface area (Å²) >= 11 is 0. The quantitative estimate of drug-likeness (QED) is 0.325. The van der Waals surface area contributed by atoms with Crippen LogP contribution in [0, 0.1) is 16.6 Å². The SMILES string of the molecule is CC(F)(F)C(=O)N[C@@H]1[C@@H](c2ccccc2)N(c2ccc(Nc3ccc(F)cc3)c(C=N)c2)CC1(C)C.[HH]. The van der Waals surface area contributed by atoms with Gasteiger partial charge in [-0.3, -0.25) is 4.79 Å². The van der Waals surface area contributed by atoms with Crippen LogP contribution in [0.2, 0.25) is 0 Å². The van der Waals surface area contributed by atoms with Crippen LogP contribution in [0.5, 0.6) is 0 Å². The fraction of sp³-hybridized carbons (Fsp3) is 0.286. The molecule has 1 amide bonds. The van der Waals surface area contributed by atoms with Crippen molar-refractivity contribution in [3.8, 4) is 0 Å². The van der Waals surface area contributed by atoms with Crippen molar-refractivity contribution in [1.29, 1.82) is 5.41 Å². The first-order chi connectivity index (χ1) is 17.0. The molecule has 0 spiro atoms. The first-order valence-corrected chi connectivity index (χ1v) is 11.7. The summed E-state index contributed by atoms with van der Waals surface area (Å²) < 4.78 is 40.9. The van der Waals surface area contributed by atoms with E-state index < -0.39 is 29.3 Å². The molecule has 0 unspecified atom stereocenters. The molecule has 1 heterocycles. The van der Waals surface area contributed by atoms with E-state index >= 15 is 0 Å². The largest absolute Gasteiger partial charge is 0.362 e. The lowest BCUT2D eigenvalue weighted by Crippen LogP contribution is -2.50. The molecule has 8 heteroatoms. The Bertz CT molecular complexity index is 1250. The Kier molecular flexibility index (Phi) is 6.80. The van der Waals surface area contributed by atoms with Crippen molar-refractivity contribution in [2.24, 2.45) is 5.41 Å². The Morgan fingerprint density at radius 2 is 1.78 bits per heavy atom. The van der Waals surface area contributed by atoms with Gasteiger partial charge >= 0.3 is 5.92 Å². The second-order valence-corrected chi connectivity index (χ2v) is 9.86. The van der Waals surface area contributed by atoms with Crippen LogP contribution in [-0.4, -0.2) is 30.6 Å². The van der Waals surface area contributed by atoms with Crippen LogP contribution in [-0.2, 0) is 4.79 Å².